The third-order valence-electron chi connectivity index (χ3n) is 9.21. The SMILES string of the molecule is CC(C)C[N@+]1(CC2CC2)CC[C@]2(c3cccc(O)c3)C[C@@H](NC(=O)Cc3ccc(Cl)c(Cl)c3)CCC2(O)C1. The smallest absolute Gasteiger partial charge is 0.224 e. The molecule has 1 saturated heterocycles. The molecule has 38 heavy (non-hydrogen) atoms. The van der Waals surface area contributed by atoms with Gasteiger partial charge in [-0.25, -0.2) is 0 Å². The van der Waals surface area contributed by atoms with Crippen molar-refractivity contribution in [3.8, 4) is 5.75 Å². The van der Waals surface area contributed by atoms with Gasteiger partial charge in [-0.3, -0.25) is 4.79 Å². The molecule has 4 atom stereocenters. The van der Waals surface area contributed by atoms with Crippen LogP contribution in [0, 0.1) is 11.8 Å². The number of hydrogen-bond donors (Lipinski definition) is 3. The fraction of sp³-hybridized carbons (Fsp3) is 0.581. The highest BCUT2D eigenvalue weighted by Crippen LogP contribution is 2.54. The maximum absolute atomic E-state index is 13.1. The maximum Gasteiger partial charge on any atom is 0.224 e. The number of piperidine rings is 1. The number of carbonyl (C=O) groups excluding carboxylic acids is 1. The van der Waals surface area contributed by atoms with E-state index >= 15 is 0 Å². The Kier molecular flexibility index (Phi) is 7.78. The third-order valence-corrected chi connectivity index (χ3v) is 9.95. The summed E-state index contributed by atoms with van der Waals surface area (Å²) in [7, 11) is 0. The van der Waals surface area contributed by atoms with Gasteiger partial charge in [0.05, 0.1) is 36.1 Å². The van der Waals surface area contributed by atoms with E-state index in [-0.39, 0.29) is 24.1 Å². The van der Waals surface area contributed by atoms with E-state index in [0.717, 1.165) is 60.5 Å². The van der Waals surface area contributed by atoms with Crippen molar-refractivity contribution in [3.63, 3.8) is 0 Å². The summed E-state index contributed by atoms with van der Waals surface area (Å²) in [5.74, 6) is 1.50. The highest BCUT2D eigenvalue weighted by molar-refractivity contribution is 6.42. The monoisotopic (exact) mass is 559 g/mol. The van der Waals surface area contributed by atoms with Gasteiger partial charge >= 0.3 is 0 Å². The molecule has 3 fully saturated rings. The number of amides is 1. The van der Waals surface area contributed by atoms with Crippen molar-refractivity contribution in [3.05, 3.63) is 63.6 Å². The number of aromatic hydroxyl groups is 1. The Hall–Kier alpha value is -1.79. The van der Waals surface area contributed by atoms with Crippen LogP contribution in [0.25, 0.3) is 0 Å². The second kappa shape index (κ2) is 10.6. The fourth-order valence-electron chi connectivity index (χ4n) is 7.57. The normalized spacial score (nSPS) is 31.2. The lowest BCUT2D eigenvalue weighted by Crippen LogP contribution is -2.73. The molecule has 206 valence electrons. The standard InChI is InChI=1S/C31H40Cl2N2O3/c1-21(2)18-35(19-22-6-7-22)13-12-30(24-4-3-5-26(36)16-24)17-25(10-11-31(30,38)20-35)34-29(37)15-23-8-9-27(32)28(33)14-23/h3-5,8-9,14,16,21-22,25,38H,6-7,10-13,15,17-20H2,1-2H3,(H-,34,36,37)/p+1/t25-,30+,31?,35-/m0/s1. The topological polar surface area (TPSA) is 69.6 Å². The number of nitrogens with one attached hydrogen (secondary N) is 1. The first-order valence-corrected chi connectivity index (χ1v) is 14.9. The molecule has 0 aromatic heterocycles. The van der Waals surface area contributed by atoms with Crippen LogP contribution in [0.3, 0.4) is 0 Å². The predicted octanol–water partition coefficient (Wildman–Crippen LogP) is 5.87. The Balaban J connectivity index is 1.40. The molecular formula is C31H41Cl2N2O3+. The summed E-state index contributed by atoms with van der Waals surface area (Å²) in [6.45, 7) is 8.56. The zero-order valence-electron chi connectivity index (χ0n) is 22.6. The van der Waals surface area contributed by atoms with Gasteiger partial charge in [-0.05, 0) is 67.5 Å². The van der Waals surface area contributed by atoms with Crippen LogP contribution in [-0.2, 0) is 16.6 Å². The van der Waals surface area contributed by atoms with Crippen LogP contribution in [0.4, 0.5) is 0 Å². The molecule has 2 saturated carbocycles. The van der Waals surface area contributed by atoms with Crippen LogP contribution in [0.5, 0.6) is 5.75 Å². The average molecular weight is 561 g/mol. The Morgan fingerprint density at radius 1 is 1.11 bits per heavy atom. The number of rotatable bonds is 8. The molecule has 1 heterocycles. The Morgan fingerprint density at radius 2 is 1.89 bits per heavy atom. The zero-order chi connectivity index (χ0) is 27.1. The first-order valence-electron chi connectivity index (χ1n) is 14.1. The first kappa shape index (κ1) is 27.8. The molecule has 2 aromatic rings. The molecule has 3 N–H and O–H groups in total. The summed E-state index contributed by atoms with van der Waals surface area (Å²) in [6, 6.07) is 12.7. The highest BCUT2D eigenvalue weighted by atomic mass is 35.5. The number of halogens is 2. The Bertz CT molecular complexity index is 1180. The summed E-state index contributed by atoms with van der Waals surface area (Å²) in [5, 5.41) is 27.2. The van der Waals surface area contributed by atoms with Gasteiger partial charge in [0, 0.05) is 29.7 Å². The van der Waals surface area contributed by atoms with Crippen molar-refractivity contribution in [2.45, 2.75) is 75.9 Å². The van der Waals surface area contributed by atoms with Crippen molar-refractivity contribution in [1.29, 1.82) is 0 Å². The number of phenolic OH excluding ortho intramolecular Hbond substituents is 1. The number of hydrogen-bond acceptors (Lipinski definition) is 3. The van der Waals surface area contributed by atoms with E-state index in [9.17, 15) is 15.0 Å². The van der Waals surface area contributed by atoms with Crippen LogP contribution < -0.4 is 5.32 Å². The fourth-order valence-corrected chi connectivity index (χ4v) is 7.89. The van der Waals surface area contributed by atoms with E-state index in [4.69, 9.17) is 23.2 Å². The van der Waals surface area contributed by atoms with Gasteiger partial charge < -0.3 is 20.0 Å². The van der Waals surface area contributed by atoms with Gasteiger partial charge in [0.2, 0.25) is 5.91 Å². The van der Waals surface area contributed by atoms with E-state index in [2.05, 4.69) is 19.2 Å². The molecule has 0 spiro atoms. The highest BCUT2D eigenvalue weighted by Gasteiger charge is 2.62. The quantitative estimate of drug-likeness (QED) is 0.354. The summed E-state index contributed by atoms with van der Waals surface area (Å²) in [4.78, 5) is 13.1. The zero-order valence-corrected chi connectivity index (χ0v) is 24.1. The minimum atomic E-state index is -0.895. The molecule has 2 aromatic carbocycles. The minimum absolute atomic E-state index is 0.0542. The van der Waals surface area contributed by atoms with Crippen molar-refractivity contribution in [2.24, 2.45) is 11.8 Å². The summed E-state index contributed by atoms with van der Waals surface area (Å²) in [5.41, 5.74) is 0.388. The van der Waals surface area contributed by atoms with Crippen LogP contribution in [0.2, 0.25) is 10.0 Å². The number of carbonyl (C=O) groups is 1. The molecular weight excluding hydrogens is 519 g/mol. The van der Waals surface area contributed by atoms with Crippen molar-refractivity contribution < 1.29 is 19.5 Å². The molecule has 2 aliphatic carbocycles. The number of quaternary nitrogens is 1. The lowest BCUT2D eigenvalue weighted by Gasteiger charge is -2.61. The van der Waals surface area contributed by atoms with E-state index in [1.54, 1.807) is 18.2 Å². The van der Waals surface area contributed by atoms with Crippen LogP contribution >= 0.6 is 23.2 Å². The second-order valence-electron chi connectivity index (χ2n) is 12.8. The van der Waals surface area contributed by atoms with Gasteiger partial charge in [-0.1, -0.05) is 55.2 Å². The van der Waals surface area contributed by atoms with E-state index in [1.807, 2.05) is 24.3 Å². The van der Waals surface area contributed by atoms with Gasteiger partial charge in [0.15, 0.2) is 0 Å². The molecule has 5 nitrogen and oxygen atoms in total. The van der Waals surface area contributed by atoms with Crippen molar-refractivity contribution in [2.75, 3.05) is 26.2 Å². The number of phenols is 1. The molecule has 1 unspecified atom stereocenters. The Morgan fingerprint density at radius 3 is 2.58 bits per heavy atom. The molecule has 3 aliphatic rings. The molecule has 7 heteroatoms. The van der Waals surface area contributed by atoms with Gasteiger partial charge in [-0.2, -0.15) is 0 Å². The summed E-state index contributed by atoms with van der Waals surface area (Å²) in [6.07, 6.45) is 5.70. The largest absolute Gasteiger partial charge is 0.508 e. The Labute approximate surface area is 236 Å². The van der Waals surface area contributed by atoms with Crippen molar-refractivity contribution >= 4 is 29.1 Å². The van der Waals surface area contributed by atoms with Gasteiger partial charge in [0.25, 0.3) is 0 Å². The van der Waals surface area contributed by atoms with Gasteiger partial charge in [-0.15, -0.1) is 0 Å². The van der Waals surface area contributed by atoms with Gasteiger partial charge in [0.1, 0.15) is 17.9 Å². The minimum Gasteiger partial charge on any atom is -0.508 e. The molecule has 1 amide bonds. The summed E-state index contributed by atoms with van der Waals surface area (Å²) >= 11 is 12.2. The number of fused-ring (bicyclic) bond motifs is 1. The van der Waals surface area contributed by atoms with Crippen LogP contribution in [-0.4, -0.2) is 58.4 Å². The number of nitrogens with zero attached hydrogens (tertiary/aromatic N) is 1. The predicted molar refractivity (Wildman–Crippen MR) is 153 cm³/mol. The molecule has 0 bridgehead atoms. The average Bonchev–Trinajstić information content (AvgIpc) is 3.65. The first-order chi connectivity index (χ1) is 18.0. The lowest BCUT2D eigenvalue weighted by atomic mass is 9.54. The number of likely N-dealkylation sites (tertiary alicyclic amines) is 1. The molecule has 5 rings (SSSR count). The van der Waals surface area contributed by atoms with Crippen LogP contribution in [0.1, 0.15) is 63.5 Å². The van der Waals surface area contributed by atoms with E-state index in [0.29, 0.717) is 28.8 Å². The number of benzene rings is 2. The maximum atomic E-state index is 13.1. The lowest BCUT2D eigenvalue weighted by molar-refractivity contribution is -0.945. The molecule has 0 radical (unpaired) electrons. The summed E-state index contributed by atoms with van der Waals surface area (Å²) < 4.78 is 0.980. The van der Waals surface area contributed by atoms with E-state index in [1.165, 1.54) is 12.8 Å². The van der Waals surface area contributed by atoms with Crippen molar-refractivity contribution in [1.82, 2.24) is 5.32 Å². The number of aliphatic hydroxyl groups is 1. The second-order valence-corrected chi connectivity index (χ2v) is 13.6. The molecule has 1 aliphatic heterocycles. The third kappa shape index (κ3) is 5.72. The van der Waals surface area contributed by atoms with Crippen LogP contribution in [0.15, 0.2) is 42.5 Å². The van der Waals surface area contributed by atoms with E-state index < -0.39 is 11.0 Å².